The fraction of sp³-hybridized carbons (Fsp3) is 0.767. The molecule has 0 saturated carbocycles. The minimum atomic E-state index is -0.181. The number of carbonyl (C=O) groups excluding carboxylic acids is 1. The molecule has 4 unspecified atom stereocenters. The summed E-state index contributed by atoms with van der Waals surface area (Å²) in [5.74, 6) is 0.518. The van der Waals surface area contributed by atoms with Crippen LogP contribution in [0.2, 0.25) is 0 Å². The molecule has 0 bridgehead atoms. The molecule has 0 radical (unpaired) electrons. The van der Waals surface area contributed by atoms with E-state index in [1.807, 2.05) is 0 Å². The molecule has 1 aliphatic rings. The molecule has 34 heavy (non-hydrogen) atoms. The molecule has 1 saturated heterocycles. The number of benzene rings is 1. The zero-order chi connectivity index (χ0) is 26.3. The Balaban J connectivity index is 2.23. The van der Waals surface area contributed by atoms with Gasteiger partial charge in [-0.3, -0.25) is 9.69 Å². The maximum Gasteiger partial charge on any atom is 0.306 e. The number of nitrogens with zero attached hydrogens (tertiary/aromatic N) is 1. The highest BCUT2D eigenvalue weighted by molar-refractivity contribution is 5.70. The Kier molecular flexibility index (Phi) is 8.30. The molecule has 1 N–H and O–H groups in total. The monoisotopic (exact) mass is 473 g/mol. The van der Waals surface area contributed by atoms with Crippen molar-refractivity contribution in [2.24, 2.45) is 5.92 Å². The van der Waals surface area contributed by atoms with E-state index in [2.05, 4.69) is 100 Å². The second kappa shape index (κ2) is 9.84. The van der Waals surface area contributed by atoms with Gasteiger partial charge in [-0.2, -0.15) is 0 Å². The van der Waals surface area contributed by atoms with Crippen molar-refractivity contribution in [1.29, 1.82) is 0 Å². The molecule has 194 valence electrons. The van der Waals surface area contributed by atoms with Crippen LogP contribution in [0.3, 0.4) is 0 Å². The van der Waals surface area contributed by atoms with Crippen molar-refractivity contribution in [1.82, 2.24) is 4.90 Å². The minimum Gasteiger partial charge on any atom is -0.507 e. The van der Waals surface area contributed by atoms with Crippen LogP contribution < -0.4 is 0 Å². The second-order valence-corrected chi connectivity index (χ2v) is 13.2. The zero-order valence-corrected chi connectivity index (χ0v) is 24.1. The van der Waals surface area contributed by atoms with Gasteiger partial charge in [0.15, 0.2) is 0 Å². The Labute approximate surface area is 209 Å². The summed E-state index contributed by atoms with van der Waals surface area (Å²) in [5.41, 5.74) is 2.60. The minimum absolute atomic E-state index is 0.00582. The van der Waals surface area contributed by atoms with Crippen LogP contribution in [0, 0.1) is 5.92 Å². The smallest absolute Gasteiger partial charge is 0.306 e. The first-order valence-electron chi connectivity index (χ1n) is 13.2. The quantitative estimate of drug-likeness (QED) is 0.446. The van der Waals surface area contributed by atoms with E-state index in [0.29, 0.717) is 18.6 Å². The summed E-state index contributed by atoms with van der Waals surface area (Å²) in [7, 11) is 2.23. The molecular weight excluding hydrogens is 422 g/mol. The highest BCUT2D eigenvalue weighted by Crippen LogP contribution is 2.45. The van der Waals surface area contributed by atoms with E-state index in [1.165, 1.54) is 0 Å². The van der Waals surface area contributed by atoms with Crippen LogP contribution in [0.5, 0.6) is 5.75 Å². The van der Waals surface area contributed by atoms with Crippen molar-refractivity contribution in [2.45, 2.75) is 136 Å². The molecule has 1 aliphatic heterocycles. The van der Waals surface area contributed by atoms with E-state index < -0.39 is 0 Å². The molecule has 2 rings (SSSR count). The average Bonchev–Trinajstić information content (AvgIpc) is 2.73. The van der Waals surface area contributed by atoms with Gasteiger partial charge >= 0.3 is 5.97 Å². The molecule has 1 heterocycles. The summed E-state index contributed by atoms with van der Waals surface area (Å²) in [6.45, 7) is 24.0. The molecular formula is C30H51NO3. The van der Waals surface area contributed by atoms with Gasteiger partial charge in [-0.1, -0.05) is 74.4 Å². The number of likely N-dealkylation sites (tertiary alicyclic amines) is 1. The highest BCUT2D eigenvalue weighted by atomic mass is 16.5. The predicted molar refractivity (Wildman–Crippen MR) is 143 cm³/mol. The fourth-order valence-electron chi connectivity index (χ4n) is 5.61. The van der Waals surface area contributed by atoms with Crippen molar-refractivity contribution in [3.05, 3.63) is 28.8 Å². The Morgan fingerprint density at radius 3 is 1.97 bits per heavy atom. The van der Waals surface area contributed by atoms with E-state index in [4.69, 9.17) is 4.74 Å². The third-order valence-electron chi connectivity index (χ3n) is 8.92. The Bertz CT molecular complexity index is 843. The van der Waals surface area contributed by atoms with Gasteiger partial charge in [0, 0.05) is 29.8 Å². The van der Waals surface area contributed by atoms with E-state index in [-0.39, 0.29) is 39.9 Å². The van der Waals surface area contributed by atoms with Crippen LogP contribution in [-0.4, -0.2) is 40.2 Å². The Hall–Kier alpha value is -1.55. The lowest BCUT2D eigenvalue weighted by atomic mass is 9.68. The zero-order valence-electron chi connectivity index (χ0n) is 24.1. The molecule has 4 atom stereocenters. The summed E-state index contributed by atoms with van der Waals surface area (Å²) >= 11 is 0. The number of rotatable bonds is 6. The van der Waals surface area contributed by atoms with Gasteiger partial charge in [0.05, 0.1) is 0 Å². The number of hydrogen-bond donors (Lipinski definition) is 1. The van der Waals surface area contributed by atoms with E-state index in [0.717, 1.165) is 36.0 Å². The third-order valence-corrected chi connectivity index (χ3v) is 8.92. The van der Waals surface area contributed by atoms with Crippen molar-refractivity contribution in [3.63, 3.8) is 0 Å². The molecule has 0 aliphatic carbocycles. The number of esters is 1. The van der Waals surface area contributed by atoms with Crippen molar-refractivity contribution in [3.8, 4) is 5.75 Å². The van der Waals surface area contributed by atoms with Crippen LogP contribution in [0.25, 0.3) is 0 Å². The SMILES string of the molecule is CCC1(C)CC(OC(=O)CCc2cc(C(C)(C)C)c(O)c(C(C)(C)C)c2)C(C)C(C)(CC)N1C. The Morgan fingerprint density at radius 1 is 1.06 bits per heavy atom. The first-order chi connectivity index (χ1) is 15.4. The average molecular weight is 474 g/mol. The van der Waals surface area contributed by atoms with Gasteiger partial charge in [0.1, 0.15) is 11.9 Å². The summed E-state index contributed by atoms with van der Waals surface area (Å²) < 4.78 is 6.17. The molecule has 0 amide bonds. The van der Waals surface area contributed by atoms with Crippen molar-refractivity contribution in [2.75, 3.05) is 7.05 Å². The van der Waals surface area contributed by atoms with Crippen LogP contribution in [-0.2, 0) is 26.8 Å². The summed E-state index contributed by atoms with van der Waals surface area (Å²) in [6, 6.07) is 4.14. The van der Waals surface area contributed by atoms with Gasteiger partial charge in [-0.05, 0) is 67.7 Å². The molecule has 1 aromatic rings. The Morgan fingerprint density at radius 2 is 1.56 bits per heavy atom. The predicted octanol–water partition coefficient (Wildman–Crippen LogP) is 7.14. The number of ether oxygens (including phenoxy) is 1. The number of aromatic hydroxyl groups is 1. The number of phenolic OH excluding ortho intramolecular Hbond substituents is 1. The lowest BCUT2D eigenvalue weighted by Crippen LogP contribution is -2.66. The van der Waals surface area contributed by atoms with Gasteiger partial charge in [0.25, 0.3) is 0 Å². The second-order valence-electron chi connectivity index (χ2n) is 13.2. The maximum absolute atomic E-state index is 13.1. The van der Waals surface area contributed by atoms with Crippen LogP contribution in [0.1, 0.15) is 119 Å². The molecule has 4 nitrogen and oxygen atoms in total. The first-order valence-corrected chi connectivity index (χ1v) is 13.2. The number of piperidine rings is 1. The van der Waals surface area contributed by atoms with Crippen molar-refractivity contribution < 1.29 is 14.6 Å². The molecule has 1 fully saturated rings. The maximum atomic E-state index is 13.1. The van der Waals surface area contributed by atoms with Gasteiger partial charge in [-0.15, -0.1) is 0 Å². The lowest BCUT2D eigenvalue weighted by Gasteiger charge is -2.59. The summed E-state index contributed by atoms with van der Waals surface area (Å²) in [5, 5.41) is 11.0. The van der Waals surface area contributed by atoms with Crippen LogP contribution >= 0.6 is 0 Å². The van der Waals surface area contributed by atoms with Crippen molar-refractivity contribution >= 4 is 5.97 Å². The molecule has 0 spiro atoms. The molecule has 0 aromatic heterocycles. The van der Waals surface area contributed by atoms with Crippen LogP contribution in [0.4, 0.5) is 0 Å². The van der Waals surface area contributed by atoms with E-state index in [9.17, 15) is 9.90 Å². The molecule has 4 heteroatoms. The van der Waals surface area contributed by atoms with Gasteiger partial charge in [0.2, 0.25) is 0 Å². The largest absolute Gasteiger partial charge is 0.507 e. The summed E-state index contributed by atoms with van der Waals surface area (Å²) in [4.78, 5) is 15.6. The number of aryl methyl sites for hydroxylation is 1. The third kappa shape index (κ3) is 5.64. The summed E-state index contributed by atoms with van der Waals surface area (Å²) in [6.07, 6.45) is 3.80. The topological polar surface area (TPSA) is 49.8 Å². The van der Waals surface area contributed by atoms with Crippen LogP contribution in [0.15, 0.2) is 12.1 Å². The fourth-order valence-corrected chi connectivity index (χ4v) is 5.61. The first kappa shape index (κ1) is 28.7. The normalized spacial score (nSPS) is 28.7. The van der Waals surface area contributed by atoms with Gasteiger partial charge in [-0.25, -0.2) is 0 Å². The number of hydrogen-bond acceptors (Lipinski definition) is 4. The van der Waals surface area contributed by atoms with Gasteiger partial charge < -0.3 is 9.84 Å². The van der Waals surface area contributed by atoms with E-state index >= 15 is 0 Å². The van der Waals surface area contributed by atoms with E-state index in [1.54, 1.807) is 0 Å². The lowest BCUT2D eigenvalue weighted by molar-refractivity contribution is -0.172. The highest BCUT2D eigenvalue weighted by Gasteiger charge is 2.52. The number of phenols is 1. The molecule has 1 aromatic carbocycles. The standard InChI is InChI=1S/C30H51NO3/c1-13-29(10)19-24(20(3)30(11,14-2)31(29)12)34-25(32)16-15-21-17-22(27(4,5)6)26(33)23(18-21)28(7,8)9/h17-18,20,24,33H,13-16,19H2,1-12H3. The number of carbonyl (C=O) groups is 1.